The van der Waals surface area contributed by atoms with E-state index in [4.69, 9.17) is 4.42 Å². The van der Waals surface area contributed by atoms with Gasteiger partial charge in [-0.3, -0.25) is 4.79 Å². The average Bonchev–Trinajstić information content (AvgIpc) is 3.31. The van der Waals surface area contributed by atoms with E-state index in [1.165, 1.54) is 16.2 Å². The number of aromatic nitrogens is 1. The van der Waals surface area contributed by atoms with E-state index >= 15 is 0 Å². The highest BCUT2D eigenvalue weighted by atomic mass is 32.1. The first-order chi connectivity index (χ1) is 12.0. The number of likely N-dealkylation sites (tertiary alicyclic amines) is 1. The fourth-order valence-corrected chi connectivity index (χ4v) is 4.12. The number of hydrogen-bond donors (Lipinski definition) is 1. The highest BCUT2D eigenvalue weighted by Crippen LogP contribution is 2.34. The lowest BCUT2D eigenvalue weighted by atomic mass is 9.99. The second kappa shape index (κ2) is 5.70. The summed E-state index contributed by atoms with van der Waals surface area (Å²) in [7, 11) is 0. The van der Waals surface area contributed by atoms with Crippen molar-refractivity contribution in [3.8, 4) is 10.8 Å². The molecular weight excluding hydrogens is 340 g/mol. The van der Waals surface area contributed by atoms with E-state index in [9.17, 15) is 14.7 Å². The summed E-state index contributed by atoms with van der Waals surface area (Å²) in [4.78, 5) is 30.2. The van der Waals surface area contributed by atoms with Gasteiger partial charge in [0.25, 0.3) is 5.91 Å². The first kappa shape index (κ1) is 15.8. The van der Waals surface area contributed by atoms with Crippen LogP contribution in [-0.2, 0) is 4.79 Å². The molecule has 6 nitrogen and oxygen atoms in total. The summed E-state index contributed by atoms with van der Waals surface area (Å²) in [6.07, 6.45) is 1.11. The van der Waals surface area contributed by atoms with E-state index in [0.29, 0.717) is 30.2 Å². The molecular formula is C18H16N2O4S. The molecule has 0 spiro atoms. The molecule has 1 atom stereocenters. The van der Waals surface area contributed by atoms with Crippen molar-refractivity contribution in [1.29, 1.82) is 0 Å². The van der Waals surface area contributed by atoms with Crippen LogP contribution in [0.4, 0.5) is 0 Å². The standard InChI is InChI=1S/C18H16N2O4S/c1-18(17(22)23)9-4-10-20(18)16(21)13-8-7-12(24-13)15-19-11-5-2-3-6-14(11)25-15/h2-3,5-8H,4,9-10H2,1H3,(H,22,23). The van der Waals surface area contributed by atoms with Gasteiger partial charge < -0.3 is 14.4 Å². The zero-order valence-corrected chi connectivity index (χ0v) is 14.4. The lowest BCUT2D eigenvalue weighted by Crippen LogP contribution is -2.50. The first-order valence-corrected chi connectivity index (χ1v) is 8.82. The van der Waals surface area contributed by atoms with Crippen LogP contribution in [-0.4, -0.2) is 39.0 Å². The van der Waals surface area contributed by atoms with E-state index in [0.717, 1.165) is 10.2 Å². The Morgan fingerprint density at radius 3 is 2.84 bits per heavy atom. The number of benzene rings is 1. The lowest BCUT2D eigenvalue weighted by molar-refractivity contribution is -0.147. The van der Waals surface area contributed by atoms with Crippen molar-refractivity contribution in [2.45, 2.75) is 25.3 Å². The van der Waals surface area contributed by atoms with Crippen molar-refractivity contribution < 1.29 is 19.1 Å². The van der Waals surface area contributed by atoms with Crippen LogP contribution >= 0.6 is 11.3 Å². The van der Waals surface area contributed by atoms with E-state index in [2.05, 4.69) is 4.98 Å². The van der Waals surface area contributed by atoms with Crippen molar-refractivity contribution in [3.05, 3.63) is 42.2 Å². The minimum atomic E-state index is -1.18. The Labute approximate surface area is 147 Å². The van der Waals surface area contributed by atoms with Crippen molar-refractivity contribution in [3.63, 3.8) is 0 Å². The molecule has 3 heterocycles. The second-order valence-electron chi connectivity index (χ2n) is 6.29. The number of carbonyl (C=O) groups excluding carboxylic acids is 1. The predicted octanol–water partition coefficient (Wildman–Crippen LogP) is 3.64. The summed E-state index contributed by atoms with van der Waals surface area (Å²) < 4.78 is 6.75. The van der Waals surface area contributed by atoms with Crippen molar-refractivity contribution in [2.75, 3.05) is 6.54 Å². The Bertz CT molecular complexity index is 943. The van der Waals surface area contributed by atoms with Crippen molar-refractivity contribution >= 4 is 33.4 Å². The molecule has 1 fully saturated rings. The van der Waals surface area contributed by atoms with Gasteiger partial charge >= 0.3 is 5.97 Å². The van der Waals surface area contributed by atoms with Gasteiger partial charge in [-0.05, 0) is 44.0 Å². The maximum Gasteiger partial charge on any atom is 0.329 e. The van der Waals surface area contributed by atoms with E-state index in [-0.39, 0.29) is 5.76 Å². The van der Waals surface area contributed by atoms with Gasteiger partial charge in [0.2, 0.25) is 0 Å². The molecule has 1 aliphatic rings. The Morgan fingerprint density at radius 1 is 1.28 bits per heavy atom. The molecule has 1 aliphatic heterocycles. The first-order valence-electron chi connectivity index (χ1n) is 8.00. The molecule has 3 aromatic rings. The highest BCUT2D eigenvalue weighted by molar-refractivity contribution is 7.21. The molecule has 0 bridgehead atoms. The van der Waals surface area contributed by atoms with Gasteiger partial charge in [0, 0.05) is 6.54 Å². The smallest absolute Gasteiger partial charge is 0.329 e. The number of hydrogen-bond acceptors (Lipinski definition) is 5. The van der Waals surface area contributed by atoms with E-state index in [1.807, 2.05) is 24.3 Å². The van der Waals surface area contributed by atoms with Gasteiger partial charge in [-0.25, -0.2) is 9.78 Å². The Hall–Kier alpha value is -2.67. The number of fused-ring (bicyclic) bond motifs is 1. The number of thiazole rings is 1. The summed E-state index contributed by atoms with van der Waals surface area (Å²) >= 11 is 1.49. The van der Waals surface area contributed by atoms with Crippen molar-refractivity contribution in [2.24, 2.45) is 0 Å². The molecule has 0 radical (unpaired) electrons. The number of furan rings is 1. The molecule has 1 N–H and O–H groups in total. The van der Waals surface area contributed by atoms with E-state index < -0.39 is 17.4 Å². The normalized spacial score (nSPS) is 20.3. The number of rotatable bonds is 3. The Morgan fingerprint density at radius 2 is 2.08 bits per heavy atom. The van der Waals surface area contributed by atoms with Gasteiger partial charge in [0.05, 0.1) is 10.2 Å². The highest BCUT2D eigenvalue weighted by Gasteiger charge is 2.46. The van der Waals surface area contributed by atoms with Gasteiger partial charge in [0.15, 0.2) is 16.5 Å². The number of carboxylic acids is 1. The average molecular weight is 356 g/mol. The van der Waals surface area contributed by atoms with Crippen LogP contribution in [0.2, 0.25) is 0 Å². The van der Waals surface area contributed by atoms with Gasteiger partial charge in [-0.2, -0.15) is 0 Å². The molecule has 2 aromatic heterocycles. The topological polar surface area (TPSA) is 83.6 Å². The van der Waals surface area contributed by atoms with Gasteiger partial charge in [-0.15, -0.1) is 11.3 Å². The SMILES string of the molecule is CC1(C(=O)O)CCCN1C(=O)c1ccc(-c2nc3ccccc3s2)o1. The third-order valence-electron chi connectivity index (χ3n) is 4.67. The van der Waals surface area contributed by atoms with Gasteiger partial charge in [-0.1, -0.05) is 12.1 Å². The maximum atomic E-state index is 12.7. The molecule has 25 heavy (non-hydrogen) atoms. The molecule has 7 heteroatoms. The number of aliphatic carboxylic acids is 1. The number of nitrogens with zero attached hydrogens (tertiary/aromatic N) is 2. The Kier molecular flexibility index (Phi) is 3.61. The molecule has 1 aromatic carbocycles. The fourth-order valence-electron chi connectivity index (χ4n) is 3.19. The van der Waals surface area contributed by atoms with Crippen LogP contribution < -0.4 is 0 Å². The lowest BCUT2D eigenvalue weighted by Gasteiger charge is -2.30. The molecule has 0 saturated carbocycles. The third kappa shape index (κ3) is 2.51. The zero-order chi connectivity index (χ0) is 17.6. The molecule has 0 aliphatic carbocycles. The third-order valence-corrected chi connectivity index (χ3v) is 5.72. The van der Waals surface area contributed by atoms with Crippen LogP contribution in [0.5, 0.6) is 0 Å². The predicted molar refractivity (Wildman–Crippen MR) is 93.6 cm³/mol. The number of amides is 1. The largest absolute Gasteiger partial charge is 0.480 e. The minimum absolute atomic E-state index is 0.142. The Balaban J connectivity index is 1.64. The van der Waals surface area contributed by atoms with Crippen LogP contribution in [0, 0.1) is 0 Å². The van der Waals surface area contributed by atoms with Crippen LogP contribution in [0.1, 0.15) is 30.3 Å². The molecule has 1 unspecified atom stereocenters. The molecule has 1 saturated heterocycles. The minimum Gasteiger partial charge on any atom is -0.480 e. The summed E-state index contributed by atoms with van der Waals surface area (Å²) in [5.74, 6) is -0.726. The van der Waals surface area contributed by atoms with Gasteiger partial charge in [0.1, 0.15) is 5.54 Å². The van der Waals surface area contributed by atoms with Crippen LogP contribution in [0.3, 0.4) is 0 Å². The molecule has 1 amide bonds. The van der Waals surface area contributed by atoms with Crippen LogP contribution in [0.25, 0.3) is 21.0 Å². The van der Waals surface area contributed by atoms with Crippen molar-refractivity contribution in [1.82, 2.24) is 9.88 Å². The molecule has 128 valence electrons. The quantitative estimate of drug-likeness (QED) is 0.775. The summed E-state index contributed by atoms with van der Waals surface area (Å²) in [5, 5.41) is 10.2. The summed E-state index contributed by atoms with van der Waals surface area (Å²) in [6.45, 7) is 2.00. The number of carbonyl (C=O) groups is 2. The fraction of sp³-hybridized carbons (Fsp3) is 0.278. The van der Waals surface area contributed by atoms with E-state index in [1.54, 1.807) is 19.1 Å². The maximum absolute atomic E-state index is 12.7. The molecule has 4 rings (SSSR count). The number of para-hydroxylation sites is 1. The number of carboxylic acid groups (broad SMARTS) is 1. The monoisotopic (exact) mass is 356 g/mol. The van der Waals surface area contributed by atoms with Crippen LogP contribution in [0.15, 0.2) is 40.8 Å². The summed E-state index contributed by atoms with van der Waals surface area (Å²) in [6, 6.07) is 11.1. The summed E-state index contributed by atoms with van der Waals surface area (Å²) in [5.41, 5.74) is -0.301. The second-order valence-corrected chi connectivity index (χ2v) is 7.32. The zero-order valence-electron chi connectivity index (χ0n) is 13.6.